The first-order chi connectivity index (χ1) is 9.99. The molecule has 0 fully saturated rings. The van der Waals surface area contributed by atoms with E-state index in [2.05, 4.69) is 10.4 Å². The van der Waals surface area contributed by atoms with Crippen LogP contribution in [0.3, 0.4) is 0 Å². The molecule has 0 atom stereocenters. The predicted molar refractivity (Wildman–Crippen MR) is 74.0 cm³/mol. The zero-order valence-electron chi connectivity index (χ0n) is 11.4. The quantitative estimate of drug-likeness (QED) is 0.910. The molecule has 2 aromatic rings. The SMILES string of the molecule is CC(=O)NC(=O)CCCn1ncc2cccc(F)c2c1=O. The van der Waals surface area contributed by atoms with E-state index in [0.29, 0.717) is 11.8 Å². The van der Waals surface area contributed by atoms with Crippen LogP contribution in [0.4, 0.5) is 4.39 Å². The van der Waals surface area contributed by atoms with Crippen LogP contribution in [0, 0.1) is 5.82 Å². The standard InChI is InChI=1S/C14H14FN3O3/c1-9(19)17-12(20)6-3-7-18-14(21)13-10(8-16-18)4-2-5-11(13)15/h2,4-5,8H,3,6-7H2,1H3,(H,17,19,20). The summed E-state index contributed by atoms with van der Waals surface area (Å²) in [7, 11) is 0. The van der Waals surface area contributed by atoms with Crippen molar-refractivity contribution in [2.24, 2.45) is 0 Å². The molecular weight excluding hydrogens is 277 g/mol. The lowest BCUT2D eigenvalue weighted by Gasteiger charge is -2.06. The lowest BCUT2D eigenvalue weighted by Crippen LogP contribution is -2.29. The Kier molecular flexibility index (Phi) is 4.42. The molecule has 0 saturated heterocycles. The predicted octanol–water partition coefficient (Wildman–Crippen LogP) is 0.978. The van der Waals surface area contributed by atoms with Crippen molar-refractivity contribution in [2.45, 2.75) is 26.3 Å². The van der Waals surface area contributed by atoms with Gasteiger partial charge in [-0.05, 0) is 12.5 Å². The molecule has 2 rings (SSSR count). The van der Waals surface area contributed by atoms with Gasteiger partial charge in [-0.2, -0.15) is 5.10 Å². The van der Waals surface area contributed by atoms with Gasteiger partial charge >= 0.3 is 0 Å². The summed E-state index contributed by atoms with van der Waals surface area (Å²) in [6, 6.07) is 4.33. The molecule has 21 heavy (non-hydrogen) atoms. The van der Waals surface area contributed by atoms with E-state index >= 15 is 0 Å². The van der Waals surface area contributed by atoms with Crippen molar-refractivity contribution in [2.75, 3.05) is 0 Å². The van der Waals surface area contributed by atoms with Crippen molar-refractivity contribution in [3.05, 3.63) is 40.6 Å². The summed E-state index contributed by atoms with van der Waals surface area (Å²) in [5.74, 6) is -1.44. The molecular formula is C14H14FN3O3. The van der Waals surface area contributed by atoms with Crippen LogP contribution in [-0.2, 0) is 16.1 Å². The summed E-state index contributed by atoms with van der Waals surface area (Å²) >= 11 is 0. The molecule has 0 aliphatic carbocycles. The highest BCUT2D eigenvalue weighted by molar-refractivity contribution is 5.93. The fraction of sp³-hybridized carbons (Fsp3) is 0.286. The van der Waals surface area contributed by atoms with Gasteiger partial charge in [-0.1, -0.05) is 12.1 Å². The van der Waals surface area contributed by atoms with E-state index in [1.54, 1.807) is 6.07 Å². The highest BCUT2D eigenvalue weighted by Crippen LogP contribution is 2.11. The van der Waals surface area contributed by atoms with E-state index in [9.17, 15) is 18.8 Å². The van der Waals surface area contributed by atoms with E-state index < -0.39 is 23.2 Å². The number of hydrogen-bond donors (Lipinski definition) is 1. The number of amides is 2. The van der Waals surface area contributed by atoms with E-state index in [0.717, 1.165) is 4.68 Å². The number of nitrogens with one attached hydrogen (secondary N) is 1. The number of hydrogen-bond acceptors (Lipinski definition) is 4. The average Bonchev–Trinajstić information content (AvgIpc) is 2.40. The van der Waals surface area contributed by atoms with Crippen LogP contribution < -0.4 is 10.9 Å². The Morgan fingerprint density at radius 1 is 1.38 bits per heavy atom. The Bertz CT molecular complexity index is 755. The molecule has 1 aromatic carbocycles. The van der Waals surface area contributed by atoms with Crippen LogP contribution >= 0.6 is 0 Å². The number of rotatable bonds is 4. The maximum Gasteiger partial charge on any atom is 0.277 e. The minimum Gasteiger partial charge on any atom is -0.297 e. The molecule has 6 nitrogen and oxygen atoms in total. The summed E-state index contributed by atoms with van der Waals surface area (Å²) in [6.07, 6.45) is 1.82. The Morgan fingerprint density at radius 3 is 2.86 bits per heavy atom. The zero-order chi connectivity index (χ0) is 15.4. The molecule has 0 aliphatic heterocycles. The van der Waals surface area contributed by atoms with Crippen LogP contribution in [0.15, 0.2) is 29.2 Å². The first kappa shape index (κ1) is 14.8. The first-order valence-electron chi connectivity index (χ1n) is 6.44. The number of aryl methyl sites for hydroxylation is 1. The first-order valence-corrected chi connectivity index (χ1v) is 6.44. The van der Waals surface area contributed by atoms with E-state index in [-0.39, 0.29) is 18.4 Å². The second kappa shape index (κ2) is 6.25. The Morgan fingerprint density at radius 2 is 2.14 bits per heavy atom. The summed E-state index contributed by atoms with van der Waals surface area (Å²) in [5.41, 5.74) is -0.530. The van der Waals surface area contributed by atoms with Crippen molar-refractivity contribution < 1.29 is 14.0 Å². The van der Waals surface area contributed by atoms with Crippen molar-refractivity contribution in [3.63, 3.8) is 0 Å². The third-order valence-electron chi connectivity index (χ3n) is 2.92. The van der Waals surface area contributed by atoms with Gasteiger partial charge < -0.3 is 0 Å². The normalized spacial score (nSPS) is 10.6. The van der Waals surface area contributed by atoms with E-state index in [4.69, 9.17) is 0 Å². The number of benzene rings is 1. The van der Waals surface area contributed by atoms with E-state index in [1.165, 1.54) is 25.3 Å². The van der Waals surface area contributed by atoms with Crippen LogP contribution in [0.5, 0.6) is 0 Å². The number of carbonyl (C=O) groups excluding carboxylic acids is 2. The maximum absolute atomic E-state index is 13.7. The van der Waals surface area contributed by atoms with Gasteiger partial charge in [-0.25, -0.2) is 9.07 Å². The second-order valence-electron chi connectivity index (χ2n) is 4.58. The van der Waals surface area contributed by atoms with Gasteiger partial charge in [0.05, 0.1) is 11.6 Å². The van der Waals surface area contributed by atoms with Crippen LogP contribution in [0.1, 0.15) is 19.8 Å². The molecule has 0 bridgehead atoms. The van der Waals surface area contributed by atoms with Gasteiger partial charge in [0.15, 0.2) is 0 Å². The lowest BCUT2D eigenvalue weighted by atomic mass is 10.2. The maximum atomic E-state index is 13.7. The number of fused-ring (bicyclic) bond motifs is 1. The lowest BCUT2D eigenvalue weighted by molar-refractivity contribution is -0.129. The molecule has 1 N–H and O–H groups in total. The van der Waals surface area contributed by atoms with Crippen molar-refractivity contribution in [1.29, 1.82) is 0 Å². The minimum absolute atomic E-state index is 0.0133. The number of nitrogens with zero attached hydrogens (tertiary/aromatic N) is 2. The van der Waals surface area contributed by atoms with Gasteiger partial charge in [-0.3, -0.25) is 19.7 Å². The van der Waals surface area contributed by atoms with Gasteiger partial charge in [0.2, 0.25) is 11.8 Å². The fourth-order valence-electron chi connectivity index (χ4n) is 1.99. The van der Waals surface area contributed by atoms with Crippen LogP contribution in [0.2, 0.25) is 0 Å². The average molecular weight is 291 g/mol. The monoisotopic (exact) mass is 291 g/mol. The molecule has 0 saturated carbocycles. The highest BCUT2D eigenvalue weighted by Gasteiger charge is 2.09. The molecule has 110 valence electrons. The number of aromatic nitrogens is 2. The number of carbonyl (C=O) groups is 2. The molecule has 0 radical (unpaired) electrons. The van der Waals surface area contributed by atoms with Gasteiger partial charge in [0, 0.05) is 25.3 Å². The van der Waals surface area contributed by atoms with Crippen molar-refractivity contribution >= 4 is 22.6 Å². The fourth-order valence-corrected chi connectivity index (χ4v) is 1.99. The van der Waals surface area contributed by atoms with Gasteiger partial charge in [0.1, 0.15) is 5.82 Å². The smallest absolute Gasteiger partial charge is 0.277 e. The molecule has 1 heterocycles. The molecule has 2 amide bonds. The summed E-state index contributed by atoms with van der Waals surface area (Å²) in [5, 5.41) is 6.50. The molecule has 1 aromatic heterocycles. The molecule has 0 spiro atoms. The van der Waals surface area contributed by atoms with E-state index in [1.807, 2.05) is 0 Å². The van der Waals surface area contributed by atoms with Crippen LogP contribution in [-0.4, -0.2) is 21.6 Å². The third kappa shape index (κ3) is 3.50. The van der Waals surface area contributed by atoms with Gasteiger partial charge in [0.25, 0.3) is 5.56 Å². The highest BCUT2D eigenvalue weighted by atomic mass is 19.1. The van der Waals surface area contributed by atoms with Crippen molar-refractivity contribution in [1.82, 2.24) is 15.1 Å². The number of halogens is 1. The van der Waals surface area contributed by atoms with Gasteiger partial charge in [-0.15, -0.1) is 0 Å². The summed E-state index contributed by atoms with van der Waals surface area (Å²) in [4.78, 5) is 34.1. The Hall–Kier alpha value is -2.57. The Labute approximate surface area is 119 Å². The van der Waals surface area contributed by atoms with Crippen LogP contribution in [0.25, 0.3) is 10.8 Å². The third-order valence-corrected chi connectivity index (χ3v) is 2.92. The summed E-state index contributed by atoms with van der Waals surface area (Å²) < 4.78 is 14.8. The van der Waals surface area contributed by atoms with Crippen molar-refractivity contribution in [3.8, 4) is 0 Å². The zero-order valence-corrected chi connectivity index (χ0v) is 11.4. The largest absolute Gasteiger partial charge is 0.297 e. The minimum atomic E-state index is -0.594. The molecule has 0 aliphatic rings. The molecule has 0 unspecified atom stereocenters. The topological polar surface area (TPSA) is 81.1 Å². The Balaban J connectivity index is 2.11. The second-order valence-corrected chi connectivity index (χ2v) is 4.58. The number of imide groups is 1. The summed E-state index contributed by atoms with van der Waals surface area (Å²) in [6.45, 7) is 1.42. The molecule has 7 heteroatoms.